The van der Waals surface area contributed by atoms with Gasteiger partial charge in [-0.25, -0.2) is 0 Å². The molecule has 1 aromatic carbocycles. The van der Waals surface area contributed by atoms with Gasteiger partial charge in [-0.1, -0.05) is 12.1 Å². The number of hydrogen-bond acceptors (Lipinski definition) is 4. The van der Waals surface area contributed by atoms with Crippen molar-refractivity contribution in [2.45, 2.75) is 37.8 Å². The fourth-order valence-corrected chi connectivity index (χ4v) is 2.66. The van der Waals surface area contributed by atoms with E-state index in [-0.39, 0.29) is 0 Å². The molecule has 0 unspecified atom stereocenters. The Morgan fingerprint density at radius 1 is 1.22 bits per heavy atom. The molecule has 2 N–H and O–H groups in total. The number of para-hydroxylation sites is 2. The maximum atomic E-state index is 5.94. The quantitative estimate of drug-likeness (QED) is 0.883. The first-order chi connectivity index (χ1) is 8.74. The molecule has 96 valence electrons. The standard InChI is InChI=1S/C14H19N3O/c1-17(11-8-6-10(15)7-9-11)14-16-12-4-2-3-5-13(12)18-14/h2-5,10-11H,6-9,15H2,1H3. The van der Waals surface area contributed by atoms with Gasteiger partial charge in [-0.2, -0.15) is 4.98 Å². The van der Waals surface area contributed by atoms with Crippen molar-refractivity contribution in [1.29, 1.82) is 0 Å². The Morgan fingerprint density at radius 3 is 2.67 bits per heavy atom. The molecule has 2 aromatic rings. The van der Waals surface area contributed by atoms with E-state index in [9.17, 15) is 0 Å². The zero-order valence-electron chi connectivity index (χ0n) is 10.7. The molecule has 0 spiro atoms. The Balaban J connectivity index is 1.81. The van der Waals surface area contributed by atoms with Gasteiger partial charge in [0.25, 0.3) is 6.01 Å². The summed E-state index contributed by atoms with van der Waals surface area (Å²) in [5, 5.41) is 0. The van der Waals surface area contributed by atoms with Crippen LogP contribution in [0.2, 0.25) is 0 Å². The third-order valence-corrected chi connectivity index (χ3v) is 3.87. The minimum Gasteiger partial charge on any atom is -0.423 e. The van der Waals surface area contributed by atoms with E-state index >= 15 is 0 Å². The second kappa shape index (κ2) is 4.61. The number of hydrogen-bond donors (Lipinski definition) is 1. The molecule has 3 rings (SSSR count). The number of anilines is 1. The van der Waals surface area contributed by atoms with Crippen LogP contribution in [0, 0.1) is 0 Å². The highest BCUT2D eigenvalue weighted by molar-refractivity contribution is 5.74. The third-order valence-electron chi connectivity index (χ3n) is 3.87. The van der Waals surface area contributed by atoms with Gasteiger partial charge in [0.05, 0.1) is 0 Å². The lowest BCUT2D eigenvalue weighted by Crippen LogP contribution is -2.38. The second-order valence-corrected chi connectivity index (χ2v) is 5.14. The minimum absolute atomic E-state index is 0.373. The molecule has 4 nitrogen and oxygen atoms in total. The molecule has 0 bridgehead atoms. The van der Waals surface area contributed by atoms with Crippen LogP contribution in [0.5, 0.6) is 0 Å². The number of rotatable bonds is 2. The third kappa shape index (κ3) is 2.08. The Hall–Kier alpha value is -1.55. The van der Waals surface area contributed by atoms with Gasteiger partial charge in [-0.3, -0.25) is 0 Å². The van der Waals surface area contributed by atoms with Crippen molar-refractivity contribution in [3.05, 3.63) is 24.3 Å². The highest BCUT2D eigenvalue weighted by Crippen LogP contribution is 2.27. The van der Waals surface area contributed by atoms with Crippen LogP contribution in [0.1, 0.15) is 25.7 Å². The van der Waals surface area contributed by atoms with E-state index < -0.39 is 0 Å². The maximum Gasteiger partial charge on any atom is 0.298 e. The average molecular weight is 245 g/mol. The molecule has 0 aliphatic heterocycles. The van der Waals surface area contributed by atoms with E-state index in [1.165, 1.54) is 0 Å². The van der Waals surface area contributed by atoms with Crippen molar-refractivity contribution in [2.24, 2.45) is 5.73 Å². The van der Waals surface area contributed by atoms with Crippen molar-refractivity contribution >= 4 is 17.1 Å². The summed E-state index contributed by atoms with van der Waals surface area (Å²) in [6.45, 7) is 0. The Bertz CT molecular complexity index is 496. The van der Waals surface area contributed by atoms with Crippen molar-refractivity contribution in [3.63, 3.8) is 0 Å². The number of benzene rings is 1. The topological polar surface area (TPSA) is 55.3 Å². The molecular weight excluding hydrogens is 226 g/mol. The Morgan fingerprint density at radius 2 is 1.94 bits per heavy atom. The fourth-order valence-electron chi connectivity index (χ4n) is 2.66. The lowest BCUT2D eigenvalue weighted by Gasteiger charge is -2.32. The summed E-state index contributed by atoms with van der Waals surface area (Å²) in [5.41, 5.74) is 7.72. The van der Waals surface area contributed by atoms with E-state index in [1.807, 2.05) is 24.3 Å². The van der Waals surface area contributed by atoms with Gasteiger partial charge in [-0.05, 0) is 37.8 Å². The van der Waals surface area contributed by atoms with Crippen LogP contribution >= 0.6 is 0 Å². The largest absolute Gasteiger partial charge is 0.423 e. The number of aromatic nitrogens is 1. The van der Waals surface area contributed by atoms with Crippen molar-refractivity contribution in [1.82, 2.24) is 4.98 Å². The van der Waals surface area contributed by atoms with E-state index in [1.54, 1.807) is 0 Å². The molecule has 0 atom stereocenters. The SMILES string of the molecule is CN(c1nc2ccccc2o1)C1CCC(N)CC1. The number of nitrogens with two attached hydrogens (primary N) is 1. The summed E-state index contributed by atoms with van der Waals surface area (Å²) in [6, 6.07) is 9.47. The van der Waals surface area contributed by atoms with E-state index in [2.05, 4.69) is 16.9 Å². The van der Waals surface area contributed by atoms with Gasteiger partial charge in [0.1, 0.15) is 5.52 Å². The van der Waals surface area contributed by atoms with Crippen molar-refractivity contribution < 1.29 is 4.42 Å². The molecule has 18 heavy (non-hydrogen) atoms. The molecule has 0 saturated heterocycles. The van der Waals surface area contributed by atoms with Gasteiger partial charge in [0, 0.05) is 19.1 Å². The Labute approximate surface area is 107 Å². The van der Waals surface area contributed by atoms with Crippen LogP contribution in [0.3, 0.4) is 0 Å². The highest BCUT2D eigenvalue weighted by atomic mass is 16.4. The first kappa shape index (κ1) is 11.5. The molecule has 1 fully saturated rings. The summed E-state index contributed by atoms with van der Waals surface area (Å²) in [5.74, 6) is 0. The van der Waals surface area contributed by atoms with E-state index in [0.29, 0.717) is 12.1 Å². The fraction of sp³-hybridized carbons (Fsp3) is 0.500. The molecule has 1 aromatic heterocycles. The molecule has 4 heteroatoms. The van der Waals surface area contributed by atoms with Gasteiger partial charge in [0.2, 0.25) is 0 Å². The van der Waals surface area contributed by atoms with Crippen LogP contribution < -0.4 is 10.6 Å². The predicted molar refractivity (Wildman–Crippen MR) is 72.6 cm³/mol. The van der Waals surface area contributed by atoms with Crippen LogP contribution in [0.4, 0.5) is 6.01 Å². The first-order valence-electron chi connectivity index (χ1n) is 6.58. The summed E-state index contributed by atoms with van der Waals surface area (Å²) >= 11 is 0. The highest BCUT2D eigenvalue weighted by Gasteiger charge is 2.24. The average Bonchev–Trinajstić information content (AvgIpc) is 2.82. The molecule has 1 aliphatic carbocycles. The molecule has 1 heterocycles. The second-order valence-electron chi connectivity index (χ2n) is 5.14. The number of oxazole rings is 1. The van der Waals surface area contributed by atoms with Gasteiger partial charge in [0.15, 0.2) is 5.58 Å². The predicted octanol–water partition coefficient (Wildman–Crippen LogP) is 2.53. The van der Waals surface area contributed by atoms with Crippen molar-refractivity contribution in [3.8, 4) is 0 Å². The zero-order chi connectivity index (χ0) is 12.5. The molecule has 0 radical (unpaired) electrons. The Kier molecular flexibility index (Phi) is 2.96. The van der Waals surface area contributed by atoms with Gasteiger partial charge in [-0.15, -0.1) is 0 Å². The monoisotopic (exact) mass is 245 g/mol. The normalized spacial score (nSPS) is 24.3. The summed E-state index contributed by atoms with van der Waals surface area (Å²) in [4.78, 5) is 6.69. The molecular formula is C14H19N3O. The van der Waals surface area contributed by atoms with Crippen molar-refractivity contribution in [2.75, 3.05) is 11.9 Å². The summed E-state index contributed by atoms with van der Waals surface area (Å²) in [7, 11) is 2.06. The molecule has 1 saturated carbocycles. The maximum absolute atomic E-state index is 5.94. The zero-order valence-corrected chi connectivity index (χ0v) is 10.7. The summed E-state index contributed by atoms with van der Waals surface area (Å²) < 4.78 is 5.79. The number of nitrogens with zero attached hydrogens (tertiary/aromatic N) is 2. The smallest absolute Gasteiger partial charge is 0.298 e. The van der Waals surface area contributed by atoms with Crippen LogP contribution in [-0.4, -0.2) is 24.1 Å². The lowest BCUT2D eigenvalue weighted by atomic mass is 9.91. The lowest BCUT2D eigenvalue weighted by molar-refractivity contribution is 0.373. The van der Waals surface area contributed by atoms with Crippen LogP contribution in [-0.2, 0) is 0 Å². The van der Waals surface area contributed by atoms with Gasteiger partial charge >= 0.3 is 0 Å². The molecule has 0 amide bonds. The minimum atomic E-state index is 0.373. The van der Waals surface area contributed by atoms with E-state index in [4.69, 9.17) is 10.2 Å². The van der Waals surface area contributed by atoms with E-state index in [0.717, 1.165) is 42.8 Å². The number of fused-ring (bicyclic) bond motifs is 1. The van der Waals surface area contributed by atoms with Gasteiger partial charge < -0.3 is 15.1 Å². The molecule has 1 aliphatic rings. The van der Waals surface area contributed by atoms with Crippen LogP contribution in [0.25, 0.3) is 11.1 Å². The summed E-state index contributed by atoms with van der Waals surface area (Å²) in [6.07, 6.45) is 4.43. The first-order valence-corrected chi connectivity index (χ1v) is 6.58. The van der Waals surface area contributed by atoms with Crippen LogP contribution in [0.15, 0.2) is 28.7 Å².